The molecular weight excluding hydrogens is 228 g/mol. The number of halogens is 1. The summed E-state index contributed by atoms with van der Waals surface area (Å²) < 4.78 is 5.43. The van der Waals surface area contributed by atoms with Gasteiger partial charge < -0.3 is 16.2 Å². The Labute approximate surface area is 97.0 Å². The Bertz CT molecular complexity index is 498. The van der Waals surface area contributed by atoms with E-state index in [-0.39, 0.29) is 17.6 Å². The molecule has 82 valence electrons. The smallest absolute Gasteiger partial charge is 0.226 e. The SMILES string of the molecule is Nc1cc(Oc2cccc(Cl)c2)nc(N)n1. The molecule has 2 aromatic rings. The molecule has 0 spiro atoms. The van der Waals surface area contributed by atoms with Crippen molar-refractivity contribution >= 4 is 23.4 Å². The summed E-state index contributed by atoms with van der Waals surface area (Å²) in [7, 11) is 0. The van der Waals surface area contributed by atoms with Crippen LogP contribution in [0.15, 0.2) is 30.3 Å². The van der Waals surface area contributed by atoms with Gasteiger partial charge in [-0.05, 0) is 18.2 Å². The first-order valence-electron chi connectivity index (χ1n) is 4.47. The van der Waals surface area contributed by atoms with Gasteiger partial charge in [0, 0.05) is 11.1 Å². The fourth-order valence-corrected chi connectivity index (χ4v) is 1.35. The zero-order valence-corrected chi connectivity index (χ0v) is 8.98. The fraction of sp³-hybridized carbons (Fsp3) is 0. The maximum Gasteiger partial charge on any atom is 0.226 e. The van der Waals surface area contributed by atoms with E-state index in [9.17, 15) is 0 Å². The van der Waals surface area contributed by atoms with Crippen LogP contribution in [0.5, 0.6) is 11.6 Å². The van der Waals surface area contributed by atoms with Gasteiger partial charge in [-0.2, -0.15) is 9.97 Å². The van der Waals surface area contributed by atoms with Crippen molar-refractivity contribution in [3.05, 3.63) is 35.4 Å². The van der Waals surface area contributed by atoms with Crippen LogP contribution in [0.4, 0.5) is 11.8 Å². The van der Waals surface area contributed by atoms with Crippen LogP contribution in [-0.4, -0.2) is 9.97 Å². The van der Waals surface area contributed by atoms with Gasteiger partial charge in [0.2, 0.25) is 11.8 Å². The average molecular weight is 237 g/mol. The normalized spacial score (nSPS) is 10.1. The third-order valence-corrected chi connectivity index (χ3v) is 1.99. The van der Waals surface area contributed by atoms with Gasteiger partial charge in [0.25, 0.3) is 0 Å². The molecule has 0 aliphatic carbocycles. The molecule has 1 aromatic carbocycles. The molecule has 0 unspecified atom stereocenters. The second-order valence-corrected chi connectivity index (χ2v) is 3.49. The first kappa shape index (κ1) is 10.5. The van der Waals surface area contributed by atoms with Crippen molar-refractivity contribution in [3.8, 4) is 11.6 Å². The second kappa shape index (κ2) is 4.24. The molecule has 4 N–H and O–H groups in total. The lowest BCUT2D eigenvalue weighted by molar-refractivity contribution is 0.463. The number of hydrogen-bond acceptors (Lipinski definition) is 5. The van der Waals surface area contributed by atoms with Crippen molar-refractivity contribution in [3.63, 3.8) is 0 Å². The molecule has 1 heterocycles. The molecule has 0 saturated carbocycles. The molecular formula is C10H9ClN4O. The Kier molecular flexibility index (Phi) is 2.78. The van der Waals surface area contributed by atoms with Gasteiger partial charge >= 0.3 is 0 Å². The van der Waals surface area contributed by atoms with Crippen LogP contribution >= 0.6 is 11.6 Å². The molecule has 16 heavy (non-hydrogen) atoms. The monoisotopic (exact) mass is 236 g/mol. The molecule has 2 rings (SSSR count). The predicted octanol–water partition coefficient (Wildman–Crippen LogP) is 2.09. The number of aromatic nitrogens is 2. The number of ether oxygens (including phenoxy) is 1. The number of nitrogens with two attached hydrogens (primary N) is 2. The maximum atomic E-state index is 5.81. The van der Waals surface area contributed by atoms with Crippen molar-refractivity contribution < 1.29 is 4.74 Å². The van der Waals surface area contributed by atoms with Gasteiger partial charge in [0.1, 0.15) is 11.6 Å². The zero-order chi connectivity index (χ0) is 11.5. The van der Waals surface area contributed by atoms with E-state index in [0.29, 0.717) is 10.8 Å². The molecule has 0 fully saturated rings. The van der Waals surface area contributed by atoms with Crippen LogP contribution in [0.25, 0.3) is 0 Å². The van der Waals surface area contributed by atoms with E-state index in [0.717, 1.165) is 0 Å². The molecule has 0 saturated heterocycles. The number of hydrogen-bond donors (Lipinski definition) is 2. The summed E-state index contributed by atoms with van der Waals surface area (Å²) in [4.78, 5) is 7.61. The third-order valence-electron chi connectivity index (χ3n) is 1.76. The summed E-state index contributed by atoms with van der Waals surface area (Å²) in [6.45, 7) is 0. The quantitative estimate of drug-likeness (QED) is 0.834. The Morgan fingerprint density at radius 2 is 1.94 bits per heavy atom. The van der Waals surface area contributed by atoms with E-state index in [2.05, 4.69) is 9.97 Å². The molecule has 0 radical (unpaired) electrons. The van der Waals surface area contributed by atoms with Crippen LogP contribution in [0.1, 0.15) is 0 Å². The van der Waals surface area contributed by atoms with E-state index in [1.165, 1.54) is 6.07 Å². The van der Waals surface area contributed by atoms with Gasteiger partial charge in [-0.1, -0.05) is 17.7 Å². The molecule has 0 aliphatic heterocycles. The first-order valence-corrected chi connectivity index (χ1v) is 4.85. The molecule has 0 amide bonds. The number of anilines is 2. The van der Waals surface area contributed by atoms with E-state index >= 15 is 0 Å². The summed E-state index contributed by atoms with van der Waals surface area (Å²) in [5.74, 6) is 1.17. The van der Waals surface area contributed by atoms with Crippen molar-refractivity contribution in [2.45, 2.75) is 0 Å². The summed E-state index contributed by atoms with van der Waals surface area (Å²) in [6, 6.07) is 8.41. The van der Waals surface area contributed by atoms with Crippen molar-refractivity contribution in [2.75, 3.05) is 11.5 Å². The Morgan fingerprint density at radius 1 is 1.12 bits per heavy atom. The van der Waals surface area contributed by atoms with Gasteiger partial charge in [0.15, 0.2) is 0 Å². The van der Waals surface area contributed by atoms with Crippen LogP contribution in [-0.2, 0) is 0 Å². The van der Waals surface area contributed by atoms with Gasteiger partial charge in [-0.3, -0.25) is 0 Å². The minimum atomic E-state index is 0.0667. The lowest BCUT2D eigenvalue weighted by atomic mass is 10.3. The van der Waals surface area contributed by atoms with Gasteiger partial charge in [-0.25, -0.2) is 0 Å². The number of benzene rings is 1. The van der Waals surface area contributed by atoms with Crippen LogP contribution in [0.3, 0.4) is 0 Å². The minimum Gasteiger partial charge on any atom is -0.439 e. The van der Waals surface area contributed by atoms with Crippen molar-refractivity contribution in [1.29, 1.82) is 0 Å². The Balaban J connectivity index is 2.27. The maximum absolute atomic E-state index is 5.81. The number of nitrogen functional groups attached to an aromatic ring is 2. The van der Waals surface area contributed by atoms with Gasteiger partial charge in [0.05, 0.1) is 0 Å². The molecule has 5 nitrogen and oxygen atoms in total. The highest BCUT2D eigenvalue weighted by Crippen LogP contribution is 2.23. The van der Waals surface area contributed by atoms with Crippen LogP contribution in [0, 0.1) is 0 Å². The molecule has 6 heteroatoms. The lowest BCUT2D eigenvalue weighted by Gasteiger charge is -2.05. The van der Waals surface area contributed by atoms with Gasteiger partial charge in [-0.15, -0.1) is 0 Å². The summed E-state index contributed by atoms with van der Waals surface area (Å²) in [6.07, 6.45) is 0. The Morgan fingerprint density at radius 3 is 2.62 bits per heavy atom. The molecule has 0 bridgehead atoms. The van der Waals surface area contributed by atoms with Crippen molar-refractivity contribution in [1.82, 2.24) is 9.97 Å². The second-order valence-electron chi connectivity index (χ2n) is 3.05. The number of rotatable bonds is 2. The lowest BCUT2D eigenvalue weighted by Crippen LogP contribution is -2.00. The first-order chi connectivity index (χ1) is 7.63. The van der Waals surface area contributed by atoms with E-state index < -0.39 is 0 Å². The molecule has 0 aliphatic rings. The van der Waals surface area contributed by atoms with E-state index in [4.69, 9.17) is 27.8 Å². The highest BCUT2D eigenvalue weighted by atomic mass is 35.5. The van der Waals surface area contributed by atoms with Crippen LogP contribution < -0.4 is 16.2 Å². The third kappa shape index (κ3) is 2.52. The number of nitrogens with zero attached hydrogens (tertiary/aromatic N) is 2. The average Bonchev–Trinajstić information content (AvgIpc) is 2.15. The topological polar surface area (TPSA) is 87.0 Å². The minimum absolute atomic E-state index is 0.0667. The van der Waals surface area contributed by atoms with E-state index in [1.807, 2.05) is 0 Å². The molecule has 0 atom stereocenters. The standard InChI is InChI=1S/C10H9ClN4O/c11-6-2-1-3-7(4-6)16-9-5-8(12)14-10(13)15-9/h1-5H,(H4,12,13,14,15). The van der Waals surface area contributed by atoms with Crippen LogP contribution in [0.2, 0.25) is 5.02 Å². The van der Waals surface area contributed by atoms with E-state index in [1.54, 1.807) is 24.3 Å². The summed E-state index contributed by atoms with van der Waals surface area (Å²) in [5, 5.41) is 0.576. The molecule has 1 aromatic heterocycles. The zero-order valence-electron chi connectivity index (χ0n) is 8.22. The van der Waals surface area contributed by atoms with Crippen molar-refractivity contribution in [2.24, 2.45) is 0 Å². The summed E-state index contributed by atoms with van der Waals surface area (Å²) >= 11 is 5.81. The predicted molar refractivity (Wildman–Crippen MR) is 62.4 cm³/mol. The highest BCUT2D eigenvalue weighted by molar-refractivity contribution is 6.30. The Hall–Kier alpha value is -2.01. The largest absolute Gasteiger partial charge is 0.439 e. The highest BCUT2D eigenvalue weighted by Gasteiger charge is 2.02. The fourth-order valence-electron chi connectivity index (χ4n) is 1.16. The summed E-state index contributed by atoms with van der Waals surface area (Å²) in [5.41, 5.74) is 10.9.